The van der Waals surface area contributed by atoms with Crippen molar-refractivity contribution in [2.75, 3.05) is 12.4 Å². The SMILES string of the molecule is COc1ccc(NC(=O)[C@H](OC(=O)Cc2ccc(Cl)cc2)C(C)C)cc1. The Balaban J connectivity index is 1.98. The van der Waals surface area contributed by atoms with E-state index >= 15 is 0 Å². The molecule has 0 unspecified atom stereocenters. The number of hydrogen-bond acceptors (Lipinski definition) is 4. The number of esters is 1. The van der Waals surface area contributed by atoms with Gasteiger partial charge in [-0.05, 0) is 47.9 Å². The van der Waals surface area contributed by atoms with Crippen molar-refractivity contribution < 1.29 is 19.1 Å². The summed E-state index contributed by atoms with van der Waals surface area (Å²) in [5.41, 5.74) is 1.38. The van der Waals surface area contributed by atoms with Crippen LogP contribution in [0.5, 0.6) is 5.75 Å². The molecule has 138 valence electrons. The van der Waals surface area contributed by atoms with Crippen LogP contribution < -0.4 is 10.1 Å². The number of benzene rings is 2. The van der Waals surface area contributed by atoms with Gasteiger partial charge in [0.1, 0.15) is 5.75 Å². The minimum Gasteiger partial charge on any atom is -0.497 e. The van der Waals surface area contributed by atoms with Gasteiger partial charge < -0.3 is 14.8 Å². The summed E-state index contributed by atoms with van der Waals surface area (Å²) in [4.78, 5) is 24.7. The van der Waals surface area contributed by atoms with Crippen molar-refractivity contribution in [3.63, 3.8) is 0 Å². The molecule has 0 heterocycles. The number of hydrogen-bond donors (Lipinski definition) is 1. The van der Waals surface area contributed by atoms with Crippen LogP contribution in [0, 0.1) is 5.92 Å². The van der Waals surface area contributed by atoms with Gasteiger partial charge in [0.15, 0.2) is 6.10 Å². The van der Waals surface area contributed by atoms with Gasteiger partial charge in [-0.15, -0.1) is 0 Å². The summed E-state index contributed by atoms with van der Waals surface area (Å²) in [6, 6.07) is 13.9. The molecule has 26 heavy (non-hydrogen) atoms. The van der Waals surface area contributed by atoms with Gasteiger partial charge in [0.2, 0.25) is 0 Å². The number of rotatable bonds is 7. The Morgan fingerprint density at radius 2 is 1.65 bits per heavy atom. The molecule has 1 N–H and O–H groups in total. The number of nitrogens with one attached hydrogen (secondary N) is 1. The van der Waals surface area contributed by atoms with E-state index < -0.39 is 12.1 Å². The van der Waals surface area contributed by atoms with Crippen molar-refractivity contribution in [1.29, 1.82) is 0 Å². The number of halogens is 1. The van der Waals surface area contributed by atoms with E-state index in [9.17, 15) is 9.59 Å². The van der Waals surface area contributed by atoms with Gasteiger partial charge in [-0.25, -0.2) is 0 Å². The molecule has 6 heteroatoms. The summed E-state index contributed by atoms with van der Waals surface area (Å²) in [7, 11) is 1.57. The van der Waals surface area contributed by atoms with Gasteiger partial charge in [-0.1, -0.05) is 37.6 Å². The number of methoxy groups -OCH3 is 1. The topological polar surface area (TPSA) is 64.6 Å². The second-order valence-corrected chi connectivity index (χ2v) is 6.61. The van der Waals surface area contributed by atoms with Gasteiger partial charge in [-0.2, -0.15) is 0 Å². The number of carbonyl (C=O) groups excluding carboxylic acids is 2. The van der Waals surface area contributed by atoms with E-state index in [0.29, 0.717) is 16.5 Å². The minimum absolute atomic E-state index is 0.0796. The van der Waals surface area contributed by atoms with Gasteiger partial charge in [0, 0.05) is 10.7 Å². The first kappa shape index (κ1) is 19.8. The lowest BCUT2D eigenvalue weighted by Gasteiger charge is -2.21. The molecule has 0 aliphatic carbocycles. The minimum atomic E-state index is -0.878. The molecule has 0 saturated carbocycles. The summed E-state index contributed by atoms with van der Waals surface area (Å²) in [5.74, 6) is -0.300. The Labute approximate surface area is 158 Å². The van der Waals surface area contributed by atoms with Crippen LogP contribution >= 0.6 is 11.6 Å². The van der Waals surface area contributed by atoms with E-state index in [1.54, 1.807) is 55.6 Å². The van der Waals surface area contributed by atoms with E-state index in [0.717, 1.165) is 5.56 Å². The molecule has 0 saturated heterocycles. The third-order valence-corrected chi connectivity index (χ3v) is 3.99. The maximum atomic E-state index is 12.5. The van der Waals surface area contributed by atoms with E-state index in [1.165, 1.54) is 0 Å². The highest BCUT2D eigenvalue weighted by molar-refractivity contribution is 6.30. The number of carbonyl (C=O) groups is 2. The van der Waals surface area contributed by atoms with Crippen molar-refractivity contribution in [1.82, 2.24) is 0 Å². The fraction of sp³-hybridized carbons (Fsp3) is 0.300. The van der Waals surface area contributed by atoms with Crippen LogP contribution in [0.4, 0.5) is 5.69 Å². The molecule has 0 spiro atoms. The van der Waals surface area contributed by atoms with Crippen LogP contribution in [0.2, 0.25) is 5.02 Å². The second-order valence-electron chi connectivity index (χ2n) is 6.18. The van der Waals surface area contributed by atoms with Crippen LogP contribution in [0.15, 0.2) is 48.5 Å². The molecule has 0 aliphatic heterocycles. The van der Waals surface area contributed by atoms with E-state index in [2.05, 4.69) is 5.32 Å². The predicted molar refractivity (Wildman–Crippen MR) is 101 cm³/mol. The molecule has 0 aromatic heterocycles. The standard InChI is InChI=1S/C20H22ClNO4/c1-13(2)19(20(24)22-16-8-10-17(25-3)11-9-16)26-18(23)12-14-4-6-15(21)7-5-14/h4-11,13,19H,12H2,1-3H3,(H,22,24)/t19-/m1/s1. The van der Waals surface area contributed by atoms with Crippen molar-refractivity contribution in [2.45, 2.75) is 26.4 Å². The molecular formula is C20H22ClNO4. The average Bonchev–Trinajstić information content (AvgIpc) is 2.62. The lowest BCUT2D eigenvalue weighted by atomic mass is 10.1. The summed E-state index contributed by atoms with van der Waals surface area (Å²) >= 11 is 5.83. The van der Waals surface area contributed by atoms with Crippen LogP contribution in [0.3, 0.4) is 0 Å². The smallest absolute Gasteiger partial charge is 0.311 e. The van der Waals surface area contributed by atoms with Crippen LogP contribution in [0.25, 0.3) is 0 Å². The predicted octanol–water partition coefficient (Wildman–Crippen LogP) is 4.10. The lowest BCUT2D eigenvalue weighted by Crippen LogP contribution is -2.37. The quantitative estimate of drug-likeness (QED) is 0.740. The van der Waals surface area contributed by atoms with Crippen molar-refractivity contribution in [3.05, 3.63) is 59.1 Å². The first-order valence-electron chi connectivity index (χ1n) is 8.28. The largest absolute Gasteiger partial charge is 0.497 e. The molecule has 0 radical (unpaired) electrons. The molecule has 0 fully saturated rings. The summed E-state index contributed by atoms with van der Waals surface area (Å²) < 4.78 is 10.5. The highest BCUT2D eigenvalue weighted by atomic mass is 35.5. The molecule has 5 nitrogen and oxygen atoms in total. The molecule has 2 aromatic carbocycles. The molecule has 2 aromatic rings. The van der Waals surface area contributed by atoms with Crippen molar-refractivity contribution >= 4 is 29.2 Å². The number of ether oxygens (including phenoxy) is 2. The monoisotopic (exact) mass is 375 g/mol. The van der Waals surface area contributed by atoms with Gasteiger partial charge >= 0.3 is 5.97 Å². The van der Waals surface area contributed by atoms with Crippen LogP contribution in [-0.4, -0.2) is 25.1 Å². The summed E-state index contributed by atoms with van der Waals surface area (Å²) in [5, 5.41) is 3.36. The molecule has 1 atom stereocenters. The number of amides is 1. The van der Waals surface area contributed by atoms with E-state index in [4.69, 9.17) is 21.1 Å². The molecule has 0 bridgehead atoms. The molecule has 1 amide bonds. The first-order valence-corrected chi connectivity index (χ1v) is 8.65. The zero-order valence-electron chi connectivity index (χ0n) is 15.0. The molecule has 0 aliphatic rings. The second kappa shape index (κ2) is 9.25. The van der Waals surface area contributed by atoms with Gasteiger partial charge in [0.25, 0.3) is 5.91 Å². The van der Waals surface area contributed by atoms with E-state index in [1.807, 2.05) is 13.8 Å². The Morgan fingerprint density at radius 3 is 2.19 bits per heavy atom. The van der Waals surface area contributed by atoms with Crippen LogP contribution in [-0.2, 0) is 20.7 Å². The first-order chi connectivity index (χ1) is 12.4. The maximum absolute atomic E-state index is 12.5. The fourth-order valence-electron chi connectivity index (χ4n) is 2.33. The average molecular weight is 376 g/mol. The Hall–Kier alpha value is -2.53. The Kier molecular flexibility index (Phi) is 7.04. The van der Waals surface area contributed by atoms with E-state index in [-0.39, 0.29) is 18.2 Å². The third kappa shape index (κ3) is 5.77. The molecular weight excluding hydrogens is 354 g/mol. The van der Waals surface area contributed by atoms with Crippen molar-refractivity contribution in [3.8, 4) is 5.75 Å². The fourth-order valence-corrected chi connectivity index (χ4v) is 2.46. The van der Waals surface area contributed by atoms with Crippen molar-refractivity contribution in [2.24, 2.45) is 5.92 Å². The lowest BCUT2D eigenvalue weighted by molar-refractivity contribution is -0.156. The van der Waals surface area contributed by atoms with Gasteiger partial charge in [-0.3, -0.25) is 9.59 Å². The highest BCUT2D eigenvalue weighted by Gasteiger charge is 2.26. The zero-order valence-corrected chi connectivity index (χ0v) is 15.7. The Morgan fingerprint density at radius 1 is 1.04 bits per heavy atom. The normalized spacial score (nSPS) is 11.7. The Bertz CT molecular complexity index is 741. The summed E-state index contributed by atoms with van der Waals surface area (Å²) in [6.07, 6.45) is -0.798. The van der Waals surface area contributed by atoms with Gasteiger partial charge in [0.05, 0.1) is 13.5 Å². The summed E-state index contributed by atoms with van der Waals surface area (Å²) in [6.45, 7) is 3.65. The highest BCUT2D eigenvalue weighted by Crippen LogP contribution is 2.17. The maximum Gasteiger partial charge on any atom is 0.311 e. The zero-order chi connectivity index (χ0) is 19.1. The molecule has 2 rings (SSSR count). The number of anilines is 1. The van der Waals surface area contributed by atoms with Crippen LogP contribution in [0.1, 0.15) is 19.4 Å². The third-order valence-electron chi connectivity index (χ3n) is 3.74.